The zero-order chi connectivity index (χ0) is 13.2. The van der Waals surface area contributed by atoms with Crippen LogP contribution in [0.2, 0.25) is 0 Å². The van der Waals surface area contributed by atoms with Gasteiger partial charge in [-0.1, -0.05) is 0 Å². The summed E-state index contributed by atoms with van der Waals surface area (Å²) < 4.78 is 6.63. The first kappa shape index (κ1) is 18.3. The smallest absolute Gasteiger partial charge is 1.00 e. The Kier molecular flexibility index (Phi) is 7.03. The SMILES string of the molecule is Cc1cccc([O][Ti+2][CH]2C=Cc3ccccc32)c1C.[Cl-].[Cl-]. The molecule has 0 N–H and O–H groups in total. The van der Waals surface area contributed by atoms with Gasteiger partial charge in [-0.05, 0) is 0 Å². The predicted octanol–water partition coefficient (Wildman–Crippen LogP) is -1.54. The van der Waals surface area contributed by atoms with Crippen LogP contribution >= 0.6 is 0 Å². The molecule has 0 saturated carbocycles. The molecule has 0 fully saturated rings. The molecule has 0 spiro atoms. The Morgan fingerprint density at radius 3 is 2.52 bits per heavy atom. The van der Waals surface area contributed by atoms with E-state index >= 15 is 0 Å². The molecule has 3 rings (SSSR count). The van der Waals surface area contributed by atoms with E-state index in [4.69, 9.17) is 3.32 Å². The molecule has 0 saturated heterocycles. The second-order valence-electron chi connectivity index (χ2n) is 4.88. The average Bonchev–Trinajstić information content (AvgIpc) is 2.84. The third kappa shape index (κ3) is 3.93. The summed E-state index contributed by atoms with van der Waals surface area (Å²) in [6, 6.07) is 14.9. The number of halogens is 2. The van der Waals surface area contributed by atoms with Crippen molar-refractivity contribution in [2.45, 2.75) is 18.1 Å². The fourth-order valence-electron chi connectivity index (χ4n) is 2.31. The Balaban J connectivity index is 0.00000110. The second-order valence-corrected chi connectivity index (χ2v) is 6.54. The van der Waals surface area contributed by atoms with Gasteiger partial charge in [0.1, 0.15) is 0 Å². The van der Waals surface area contributed by atoms with Gasteiger partial charge in [-0.15, -0.1) is 0 Å². The van der Waals surface area contributed by atoms with Crippen LogP contribution < -0.4 is 28.1 Å². The van der Waals surface area contributed by atoms with Gasteiger partial charge in [0.15, 0.2) is 0 Å². The molecule has 1 aliphatic carbocycles. The van der Waals surface area contributed by atoms with Crippen LogP contribution in [0.15, 0.2) is 48.5 Å². The van der Waals surface area contributed by atoms with Crippen molar-refractivity contribution in [3.05, 3.63) is 70.8 Å². The standard InChI is InChI=1S/C9H7.C8H10O.2ClH.Ti/c1-2-5-9-7-3-6-8(9)4-1;1-6-4-3-5-8(9)7(6)2;;;/h1-7H;3-5,9H,1-2H3;2*1H;/q;;;;+3/p-3. The summed E-state index contributed by atoms with van der Waals surface area (Å²) in [6.45, 7) is 4.27. The first-order chi connectivity index (χ1) is 9.25. The van der Waals surface area contributed by atoms with E-state index in [-0.39, 0.29) is 24.8 Å². The first-order valence-electron chi connectivity index (χ1n) is 6.51. The summed E-state index contributed by atoms with van der Waals surface area (Å²) in [6.07, 6.45) is 4.51. The molecule has 1 unspecified atom stereocenters. The van der Waals surface area contributed by atoms with Gasteiger partial charge in [-0.25, -0.2) is 0 Å². The monoisotopic (exact) mass is 354 g/mol. The topological polar surface area (TPSA) is 9.23 Å². The maximum absolute atomic E-state index is 6.13. The Hall–Kier alpha value is -0.726. The van der Waals surface area contributed by atoms with E-state index < -0.39 is 19.5 Å². The van der Waals surface area contributed by atoms with E-state index in [0.29, 0.717) is 4.22 Å². The fourth-order valence-corrected chi connectivity index (χ4v) is 3.94. The van der Waals surface area contributed by atoms with Gasteiger partial charge < -0.3 is 24.8 Å². The number of rotatable bonds is 3. The van der Waals surface area contributed by atoms with Crippen LogP contribution in [-0.2, 0) is 19.5 Å². The van der Waals surface area contributed by atoms with Gasteiger partial charge in [-0.2, -0.15) is 0 Å². The van der Waals surface area contributed by atoms with E-state index in [1.807, 2.05) is 0 Å². The minimum atomic E-state index is -0.508. The molecule has 1 nitrogen and oxygen atoms in total. The van der Waals surface area contributed by atoms with Crippen LogP contribution in [0.4, 0.5) is 0 Å². The normalized spacial score (nSPS) is 14.5. The Morgan fingerprint density at radius 2 is 1.71 bits per heavy atom. The molecule has 0 aromatic heterocycles. The third-order valence-electron chi connectivity index (χ3n) is 3.65. The fraction of sp³-hybridized carbons (Fsp3) is 0.176. The molecule has 108 valence electrons. The molecule has 2 aromatic carbocycles. The van der Waals surface area contributed by atoms with E-state index in [2.05, 4.69) is 68.5 Å². The van der Waals surface area contributed by atoms with Gasteiger partial charge >= 0.3 is 124 Å². The molecular formula is C17H16Cl2OTi. The molecule has 4 heteroatoms. The summed E-state index contributed by atoms with van der Waals surface area (Å²) in [5.74, 6) is 1.05. The quantitative estimate of drug-likeness (QED) is 0.607. The molecule has 0 radical (unpaired) electrons. The van der Waals surface area contributed by atoms with Gasteiger partial charge in [0.2, 0.25) is 0 Å². The van der Waals surface area contributed by atoms with Gasteiger partial charge in [0, 0.05) is 0 Å². The first-order valence-corrected chi connectivity index (χ1v) is 8.05. The van der Waals surface area contributed by atoms with E-state index in [0.717, 1.165) is 5.75 Å². The molecule has 0 heterocycles. The minimum Gasteiger partial charge on any atom is -1.00 e. The van der Waals surface area contributed by atoms with Crippen LogP contribution in [0.3, 0.4) is 0 Å². The molecular weight excluding hydrogens is 339 g/mol. The predicted molar refractivity (Wildman–Crippen MR) is 74.8 cm³/mol. The Bertz CT molecular complexity index is 640. The number of allylic oxidation sites excluding steroid dienone is 1. The van der Waals surface area contributed by atoms with E-state index in [9.17, 15) is 0 Å². The van der Waals surface area contributed by atoms with Crippen molar-refractivity contribution in [3.8, 4) is 5.75 Å². The van der Waals surface area contributed by atoms with Crippen molar-refractivity contribution in [1.29, 1.82) is 0 Å². The van der Waals surface area contributed by atoms with Crippen molar-refractivity contribution in [2.24, 2.45) is 0 Å². The maximum atomic E-state index is 6.13. The largest absolute Gasteiger partial charge is 1.00 e. The summed E-state index contributed by atoms with van der Waals surface area (Å²) >= 11 is -0.508. The van der Waals surface area contributed by atoms with Crippen LogP contribution in [0.1, 0.15) is 26.5 Å². The Morgan fingerprint density at radius 1 is 0.952 bits per heavy atom. The van der Waals surface area contributed by atoms with Crippen molar-refractivity contribution in [1.82, 2.24) is 0 Å². The van der Waals surface area contributed by atoms with Gasteiger partial charge in [0.25, 0.3) is 0 Å². The maximum Gasteiger partial charge on any atom is -1.00 e. The van der Waals surface area contributed by atoms with Gasteiger partial charge in [0.05, 0.1) is 0 Å². The molecule has 1 atom stereocenters. The zero-order valence-electron chi connectivity index (χ0n) is 11.9. The van der Waals surface area contributed by atoms with Crippen molar-refractivity contribution >= 4 is 6.08 Å². The van der Waals surface area contributed by atoms with E-state index in [1.54, 1.807) is 0 Å². The molecule has 1 aliphatic rings. The van der Waals surface area contributed by atoms with Crippen LogP contribution in [0.5, 0.6) is 5.75 Å². The van der Waals surface area contributed by atoms with Crippen LogP contribution in [0.25, 0.3) is 6.08 Å². The number of hydrogen-bond donors (Lipinski definition) is 0. The minimum absolute atomic E-state index is 0. The summed E-state index contributed by atoms with van der Waals surface area (Å²) in [4.78, 5) is 0. The summed E-state index contributed by atoms with van der Waals surface area (Å²) in [7, 11) is 0. The van der Waals surface area contributed by atoms with Crippen molar-refractivity contribution in [3.63, 3.8) is 0 Å². The van der Waals surface area contributed by atoms with Gasteiger partial charge in [-0.3, -0.25) is 0 Å². The number of hydrogen-bond acceptors (Lipinski definition) is 1. The van der Waals surface area contributed by atoms with Crippen LogP contribution in [-0.4, -0.2) is 0 Å². The zero-order valence-corrected chi connectivity index (χ0v) is 15.0. The Labute approximate surface area is 148 Å². The number of aryl methyl sites for hydroxylation is 1. The average molecular weight is 355 g/mol. The molecule has 21 heavy (non-hydrogen) atoms. The third-order valence-corrected chi connectivity index (χ3v) is 5.36. The second kappa shape index (κ2) is 8.05. The summed E-state index contributed by atoms with van der Waals surface area (Å²) in [5.41, 5.74) is 5.33. The van der Waals surface area contributed by atoms with E-state index in [1.165, 1.54) is 22.3 Å². The van der Waals surface area contributed by atoms with Crippen molar-refractivity contribution in [2.75, 3.05) is 0 Å². The van der Waals surface area contributed by atoms with Crippen molar-refractivity contribution < 1.29 is 47.7 Å². The molecule has 0 aliphatic heterocycles. The summed E-state index contributed by atoms with van der Waals surface area (Å²) in [5, 5.41) is 0. The molecule has 2 aromatic rings. The van der Waals surface area contributed by atoms with Crippen LogP contribution in [0, 0.1) is 13.8 Å². The number of benzene rings is 2. The molecule has 0 bridgehead atoms. The molecule has 0 amide bonds. The number of fused-ring (bicyclic) bond motifs is 1.